The van der Waals surface area contributed by atoms with Gasteiger partial charge in [-0.1, -0.05) is 24.6 Å². The molecule has 0 amide bonds. The minimum Gasteiger partial charge on any atom is -0.390 e. The molecular formula is C15H24O2. The summed E-state index contributed by atoms with van der Waals surface area (Å²) in [5.74, 6) is 0.609. The van der Waals surface area contributed by atoms with Crippen LogP contribution < -0.4 is 0 Å². The summed E-state index contributed by atoms with van der Waals surface area (Å²) in [5, 5.41) is 10.1. The molecule has 2 heteroatoms. The Hall–Kier alpha value is -0.890. The van der Waals surface area contributed by atoms with Gasteiger partial charge in [-0.05, 0) is 45.6 Å². The van der Waals surface area contributed by atoms with Crippen molar-refractivity contribution >= 4 is 5.78 Å². The highest BCUT2D eigenvalue weighted by Gasteiger charge is 2.24. The molecule has 2 nitrogen and oxygen atoms in total. The van der Waals surface area contributed by atoms with Crippen LogP contribution in [0, 0.1) is 11.8 Å². The Kier molecular flexibility index (Phi) is 4.70. The molecule has 1 aliphatic rings. The number of carbonyl (C=O) groups excluding carboxylic acids is 1. The van der Waals surface area contributed by atoms with E-state index >= 15 is 0 Å². The molecule has 0 bridgehead atoms. The van der Waals surface area contributed by atoms with E-state index in [1.54, 1.807) is 6.08 Å². The number of aliphatic hydroxyl groups is 1. The van der Waals surface area contributed by atoms with Gasteiger partial charge in [0.05, 0.1) is 5.60 Å². The van der Waals surface area contributed by atoms with E-state index < -0.39 is 5.60 Å². The molecule has 0 aromatic rings. The summed E-state index contributed by atoms with van der Waals surface area (Å²) in [6.45, 7) is 7.74. The van der Waals surface area contributed by atoms with E-state index in [0.717, 1.165) is 18.4 Å². The molecule has 0 aromatic heterocycles. The number of carbonyl (C=O) groups is 1. The predicted molar refractivity (Wildman–Crippen MR) is 70.7 cm³/mol. The first kappa shape index (κ1) is 14.2. The van der Waals surface area contributed by atoms with E-state index in [4.69, 9.17) is 0 Å². The van der Waals surface area contributed by atoms with Crippen LogP contribution in [0.4, 0.5) is 0 Å². The molecule has 0 aromatic carbocycles. The van der Waals surface area contributed by atoms with Gasteiger partial charge in [-0.3, -0.25) is 4.79 Å². The summed E-state index contributed by atoms with van der Waals surface area (Å²) >= 11 is 0. The molecule has 17 heavy (non-hydrogen) atoms. The fraction of sp³-hybridized carbons (Fsp3) is 0.667. The van der Waals surface area contributed by atoms with Crippen LogP contribution in [0.25, 0.3) is 0 Å². The fourth-order valence-corrected chi connectivity index (χ4v) is 2.18. The second-order valence-electron chi connectivity index (χ2n) is 5.82. The standard InChI is InChI=1S/C15H24O2/c1-11-5-7-13(15(3,4)17)8-6-12(2)10-14(16)9-11/h5,7,10-11,13,17H,6,8-9H2,1-4H3. The molecular weight excluding hydrogens is 212 g/mol. The van der Waals surface area contributed by atoms with Crippen LogP contribution in [-0.2, 0) is 4.79 Å². The lowest BCUT2D eigenvalue weighted by atomic mass is 9.84. The molecule has 2 atom stereocenters. The number of hydrogen-bond acceptors (Lipinski definition) is 2. The molecule has 0 fully saturated rings. The molecule has 0 radical (unpaired) electrons. The number of hydrogen-bond donors (Lipinski definition) is 1. The lowest BCUT2D eigenvalue weighted by Crippen LogP contribution is -2.29. The van der Waals surface area contributed by atoms with E-state index in [2.05, 4.69) is 12.2 Å². The summed E-state index contributed by atoms with van der Waals surface area (Å²) in [6, 6.07) is 0. The van der Waals surface area contributed by atoms with Crippen molar-refractivity contribution in [3.05, 3.63) is 23.8 Å². The van der Waals surface area contributed by atoms with E-state index in [0.29, 0.717) is 6.42 Å². The Balaban J connectivity index is 2.87. The maximum atomic E-state index is 11.6. The number of rotatable bonds is 1. The van der Waals surface area contributed by atoms with Crippen molar-refractivity contribution in [2.24, 2.45) is 11.8 Å². The van der Waals surface area contributed by atoms with Crippen molar-refractivity contribution in [1.29, 1.82) is 0 Å². The third-order valence-corrected chi connectivity index (χ3v) is 3.36. The highest BCUT2D eigenvalue weighted by atomic mass is 16.3. The van der Waals surface area contributed by atoms with Gasteiger partial charge in [0, 0.05) is 12.3 Å². The maximum Gasteiger partial charge on any atom is 0.156 e. The van der Waals surface area contributed by atoms with Gasteiger partial charge in [0.25, 0.3) is 0 Å². The Morgan fingerprint density at radius 2 is 2.00 bits per heavy atom. The maximum absolute atomic E-state index is 11.6. The third-order valence-electron chi connectivity index (χ3n) is 3.36. The molecule has 1 rings (SSSR count). The van der Waals surface area contributed by atoms with Gasteiger partial charge < -0.3 is 5.11 Å². The molecule has 0 aliphatic heterocycles. The van der Waals surface area contributed by atoms with E-state index in [1.165, 1.54) is 0 Å². The van der Waals surface area contributed by atoms with Gasteiger partial charge in [0.1, 0.15) is 0 Å². The van der Waals surface area contributed by atoms with E-state index in [-0.39, 0.29) is 17.6 Å². The molecule has 1 N–H and O–H groups in total. The van der Waals surface area contributed by atoms with Crippen LogP contribution in [-0.4, -0.2) is 16.5 Å². The molecule has 0 saturated heterocycles. The SMILES string of the molecule is CC1=CC(=O)CC(C)C=CC(C(C)(C)O)CC1. The molecule has 0 heterocycles. The van der Waals surface area contributed by atoms with Crippen molar-refractivity contribution in [3.8, 4) is 0 Å². The number of ketones is 1. The smallest absolute Gasteiger partial charge is 0.156 e. The summed E-state index contributed by atoms with van der Waals surface area (Å²) in [6.07, 6.45) is 8.23. The highest BCUT2D eigenvalue weighted by Crippen LogP contribution is 2.26. The van der Waals surface area contributed by atoms with Gasteiger partial charge in [0.2, 0.25) is 0 Å². The lowest BCUT2D eigenvalue weighted by Gasteiger charge is -2.27. The van der Waals surface area contributed by atoms with Crippen LogP contribution in [0.5, 0.6) is 0 Å². The summed E-state index contributed by atoms with van der Waals surface area (Å²) in [7, 11) is 0. The zero-order valence-electron chi connectivity index (χ0n) is 11.4. The van der Waals surface area contributed by atoms with Crippen LogP contribution in [0.2, 0.25) is 0 Å². The first-order valence-corrected chi connectivity index (χ1v) is 6.39. The quantitative estimate of drug-likeness (QED) is 0.709. The Labute approximate surface area is 104 Å². The molecule has 0 saturated carbocycles. The predicted octanol–water partition coefficient (Wildman–Crippen LogP) is 3.27. The topological polar surface area (TPSA) is 37.3 Å². The van der Waals surface area contributed by atoms with Gasteiger partial charge in [0.15, 0.2) is 5.78 Å². The summed E-state index contributed by atoms with van der Waals surface area (Å²) < 4.78 is 0. The first-order chi connectivity index (χ1) is 7.79. The molecule has 1 aliphatic carbocycles. The molecule has 2 unspecified atom stereocenters. The van der Waals surface area contributed by atoms with Gasteiger partial charge in [-0.25, -0.2) is 0 Å². The molecule has 0 spiro atoms. The summed E-state index contributed by atoms with van der Waals surface area (Å²) in [5.41, 5.74) is 0.423. The Morgan fingerprint density at radius 3 is 2.59 bits per heavy atom. The van der Waals surface area contributed by atoms with Crippen molar-refractivity contribution in [1.82, 2.24) is 0 Å². The Morgan fingerprint density at radius 1 is 1.35 bits per heavy atom. The molecule has 96 valence electrons. The third kappa shape index (κ3) is 4.86. The van der Waals surface area contributed by atoms with Crippen molar-refractivity contribution < 1.29 is 9.90 Å². The zero-order valence-corrected chi connectivity index (χ0v) is 11.4. The summed E-state index contributed by atoms with van der Waals surface area (Å²) in [4.78, 5) is 11.6. The largest absolute Gasteiger partial charge is 0.390 e. The van der Waals surface area contributed by atoms with E-state index in [1.807, 2.05) is 27.7 Å². The van der Waals surface area contributed by atoms with Crippen molar-refractivity contribution in [3.63, 3.8) is 0 Å². The zero-order chi connectivity index (χ0) is 13.1. The average Bonchev–Trinajstić information content (AvgIpc) is 2.14. The van der Waals surface area contributed by atoms with Crippen molar-refractivity contribution in [2.45, 2.75) is 52.6 Å². The number of allylic oxidation sites excluding steroid dienone is 3. The Bertz CT molecular complexity index is 331. The first-order valence-electron chi connectivity index (χ1n) is 6.39. The monoisotopic (exact) mass is 236 g/mol. The van der Waals surface area contributed by atoms with E-state index in [9.17, 15) is 9.90 Å². The minimum atomic E-state index is -0.695. The second kappa shape index (κ2) is 5.63. The van der Waals surface area contributed by atoms with Crippen LogP contribution in [0.1, 0.15) is 47.0 Å². The van der Waals surface area contributed by atoms with Gasteiger partial charge in [-0.15, -0.1) is 0 Å². The highest BCUT2D eigenvalue weighted by molar-refractivity contribution is 5.90. The van der Waals surface area contributed by atoms with Crippen LogP contribution in [0.15, 0.2) is 23.8 Å². The van der Waals surface area contributed by atoms with Crippen LogP contribution in [0.3, 0.4) is 0 Å². The van der Waals surface area contributed by atoms with Crippen LogP contribution >= 0.6 is 0 Å². The lowest BCUT2D eigenvalue weighted by molar-refractivity contribution is -0.115. The normalized spacial score (nSPS) is 27.8. The fourth-order valence-electron chi connectivity index (χ4n) is 2.18. The van der Waals surface area contributed by atoms with Gasteiger partial charge >= 0.3 is 0 Å². The van der Waals surface area contributed by atoms with Gasteiger partial charge in [-0.2, -0.15) is 0 Å². The second-order valence-corrected chi connectivity index (χ2v) is 5.82. The minimum absolute atomic E-state index is 0.154. The average molecular weight is 236 g/mol. The van der Waals surface area contributed by atoms with Crippen molar-refractivity contribution in [2.75, 3.05) is 0 Å².